The zero-order chi connectivity index (χ0) is 14.9. The van der Waals surface area contributed by atoms with Crippen LogP contribution in [0.1, 0.15) is 33.6 Å². The number of nitrogens with zero attached hydrogens (tertiary/aromatic N) is 1. The number of carbonyl (C=O) groups is 2. The van der Waals surface area contributed by atoms with Crippen LogP contribution in [0.15, 0.2) is 24.3 Å². The molecule has 1 saturated heterocycles. The Kier molecular flexibility index (Phi) is 4.36. The van der Waals surface area contributed by atoms with E-state index in [-0.39, 0.29) is 11.8 Å². The summed E-state index contributed by atoms with van der Waals surface area (Å²) >= 11 is 2.20. The smallest absolute Gasteiger partial charge is 0.253 e. The van der Waals surface area contributed by atoms with Crippen LogP contribution in [-0.4, -0.2) is 23.4 Å². The maximum absolute atomic E-state index is 12.9. The topological polar surface area (TPSA) is 49.4 Å². The lowest BCUT2D eigenvalue weighted by Crippen LogP contribution is -2.69. The number of benzene rings is 1. The molecule has 1 fully saturated rings. The maximum Gasteiger partial charge on any atom is 0.253 e. The van der Waals surface area contributed by atoms with Crippen LogP contribution in [0.4, 0.5) is 5.69 Å². The second-order valence-electron chi connectivity index (χ2n) is 5.23. The summed E-state index contributed by atoms with van der Waals surface area (Å²) in [5.41, 5.74) is 0.00118. The highest BCUT2D eigenvalue weighted by Crippen LogP contribution is 2.31. The van der Waals surface area contributed by atoms with Gasteiger partial charge < -0.3 is 5.32 Å². The normalized spacial score (nSPS) is 26.6. The summed E-state index contributed by atoms with van der Waals surface area (Å²) in [4.78, 5) is 26.9. The van der Waals surface area contributed by atoms with E-state index in [4.69, 9.17) is 0 Å². The van der Waals surface area contributed by atoms with E-state index in [0.29, 0.717) is 12.8 Å². The summed E-state index contributed by atoms with van der Waals surface area (Å²) in [6, 6.07) is 7.24. The second-order valence-corrected chi connectivity index (χ2v) is 6.39. The number of para-hydroxylation sites is 1. The predicted molar refractivity (Wildman–Crippen MR) is 87.6 cm³/mol. The molecule has 0 spiro atoms. The first kappa shape index (κ1) is 15.3. The van der Waals surface area contributed by atoms with Gasteiger partial charge in [-0.2, -0.15) is 0 Å². The van der Waals surface area contributed by atoms with Gasteiger partial charge in [0.05, 0.1) is 5.69 Å². The molecule has 1 heterocycles. The fourth-order valence-corrected chi connectivity index (χ4v) is 3.11. The van der Waals surface area contributed by atoms with Gasteiger partial charge in [0.25, 0.3) is 5.91 Å². The monoisotopic (exact) mass is 386 g/mol. The van der Waals surface area contributed by atoms with E-state index in [2.05, 4.69) is 27.9 Å². The Bertz CT molecular complexity index is 546. The van der Waals surface area contributed by atoms with Crippen LogP contribution in [-0.2, 0) is 9.59 Å². The molecule has 0 aliphatic carbocycles. The molecule has 108 valence electrons. The van der Waals surface area contributed by atoms with E-state index < -0.39 is 11.6 Å². The van der Waals surface area contributed by atoms with Gasteiger partial charge in [0.15, 0.2) is 0 Å². The number of halogens is 1. The largest absolute Gasteiger partial charge is 0.340 e. The fourth-order valence-electron chi connectivity index (χ4n) is 2.47. The van der Waals surface area contributed by atoms with Gasteiger partial charge in [0.2, 0.25) is 5.91 Å². The lowest BCUT2D eigenvalue weighted by atomic mass is 9.90. The van der Waals surface area contributed by atoms with Crippen LogP contribution in [0, 0.1) is 3.57 Å². The van der Waals surface area contributed by atoms with Gasteiger partial charge in [-0.1, -0.05) is 26.0 Å². The van der Waals surface area contributed by atoms with Gasteiger partial charge >= 0.3 is 0 Å². The van der Waals surface area contributed by atoms with Crippen molar-refractivity contribution in [3.05, 3.63) is 27.8 Å². The highest BCUT2D eigenvalue weighted by atomic mass is 127. The second kappa shape index (κ2) is 5.71. The first-order valence-electron chi connectivity index (χ1n) is 6.84. The highest BCUT2D eigenvalue weighted by molar-refractivity contribution is 14.1. The van der Waals surface area contributed by atoms with Crippen molar-refractivity contribution in [2.24, 2.45) is 0 Å². The molecule has 1 aliphatic heterocycles. The molecule has 1 N–H and O–H groups in total. The molecule has 0 radical (unpaired) electrons. The van der Waals surface area contributed by atoms with Crippen molar-refractivity contribution in [3.63, 3.8) is 0 Å². The molecule has 0 saturated carbocycles. The number of amides is 2. The summed E-state index contributed by atoms with van der Waals surface area (Å²) < 4.78 is 0.977. The summed E-state index contributed by atoms with van der Waals surface area (Å²) in [5, 5.41) is 2.88. The molecule has 2 amide bonds. The molecular weight excluding hydrogens is 367 g/mol. The number of hydrogen-bond donors (Lipinski definition) is 1. The Balaban J connectivity index is 2.53. The molecule has 2 rings (SSSR count). The number of hydrogen-bond acceptors (Lipinski definition) is 2. The fraction of sp³-hybridized carbons (Fsp3) is 0.467. The van der Waals surface area contributed by atoms with Crippen molar-refractivity contribution in [3.8, 4) is 0 Å². The van der Waals surface area contributed by atoms with E-state index in [9.17, 15) is 9.59 Å². The van der Waals surface area contributed by atoms with Crippen molar-refractivity contribution in [2.45, 2.75) is 45.2 Å². The first-order chi connectivity index (χ1) is 9.44. The van der Waals surface area contributed by atoms with E-state index in [0.717, 1.165) is 9.26 Å². The maximum atomic E-state index is 12.9. The van der Waals surface area contributed by atoms with Crippen molar-refractivity contribution >= 4 is 40.1 Å². The summed E-state index contributed by atoms with van der Waals surface area (Å²) in [6.07, 6.45) is 1.18. The number of piperazine rings is 1. The standard InChI is InChI=1S/C15H19IN2O2/c1-4-11-13(19)17-15(3,5-2)14(20)18(11)12-9-7-6-8-10(12)16/h6-9,11H,4-5H2,1-3H3,(H,17,19). The Morgan fingerprint density at radius 2 is 1.95 bits per heavy atom. The van der Waals surface area contributed by atoms with Crippen molar-refractivity contribution in [2.75, 3.05) is 4.90 Å². The van der Waals surface area contributed by atoms with Crippen LogP contribution in [0.5, 0.6) is 0 Å². The summed E-state index contributed by atoms with van der Waals surface area (Å²) in [7, 11) is 0. The molecule has 4 nitrogen and oxygen atoms in total. The molecule has 2 atom stereocenters. The van der Waals surface area contributed by atoms with Gasteiger partial charge in [-0.05, 0) is 54.5 Å². The zero-order valence-corrected chi connectivity index (χ0v) is 14.1. The van der Waals surface area contributed by atoms with Gasteiger partial charge in [-0.3, -0.25) is 14.5 Å². The van der Waals surface area contributed by atoms with E-state index in [1.54, 1.807) is 11.8 Å². The molecule has 1 aromatic carbocycles. The average Bonchev–Trinajstić information content (AvgIpc) is 2.43. The van der Waals surface area contributed by atoms with Crippen molar-refractivity contribution in [1.29, 1.82) is 0 Å². The zero-order valence-electron chi connectivity index (χ0n) is 11.9. The minimum Gasteiger partial charge on any atom is -0.340 e. The first-order valence-corrected chi connectivity index (χ1v) is 7.92. The highest BCUT2D eigenvalue weighted by Gasteiger charge is 2.47. The van der Waals surface area contributed by atoms with Crippen LogP contribution < -0.4 is 10.2 Å². The minimum absolute atomic E-state index is 0.0319. The third kappa shape index (κ3) is 2.43. The van der Waals surface area contributed by atoms with Crippen LogP contribution in [0.2, 0.25) is 0 Å². The Morgan fingerprint density at radius 3 is 2.50 bits per heavy atom. The Labute approximate surface area is 133 Å². The van der Waals surface area contributed by atoms with Crippen LogP contribution in [0.3, 0.4) is 0 Å². The van der Waals surface area contributed by atoms with Gasteiger partial charge in [0, 0.05) is 3.57 Å². The minimum atomic E-state index is -0.818. The molecular formula is C15H19IN2O2. The number of rotatable bonds is 3. The van der Waals surface area contributed by atoms with Crippen LogP contribution in [0.25, 0.3) is 0 Å². The quantitative estimate of drug-likeness (QED) is 0.813. The SMILES string of the molecule is CCC1C(=O)NC(C)(CC)C(=O)N1c1ccccc1I. The summed E-state index contributed by atoms with van der Waals surface area (Å²) in [6.45, 7) is 5.63. The van der Waals surface area contributed by atoms with E-state index in [1.165, 1.54) is 0 Å². The molecule has 2 unspecified atom stereocenters. The molecule has 20 heavy (non-hydrogen) atoms. The number of nitrogens with one attached hydrogen (secondary N) is 1. The Hall–Kier alpha value is -1.11. The number of carbonyl (C=O) groups excluding carboxylic acids is 2. The lowest BCUT2D eigenvalue weighted by Gasteiger charge is -2.44. The third-order valence-electron chi connectivity index (χ3n) is 3.91. The van der Waals surface area contributed by atoms with Crippen LogP contribution >= 0.6 is 22.6 Å². The predicted octanol–water partition coefficient (Wildman–Crippen LogP) is 2.70. The van der Waals surface area contributed by atoms with Gasteiger partial charge in [-0.15, -0.1) is 0 Å². The van der Waals surface area contributed by atoms with Crippen molar-refractivity contribution < 1.29 is 9.59 Å². The molecule has 5 heteroatoms. The van der Waals surface area contributed by atoms with E-state index in [1.807, 2.05) is 38.1 Å². The average molecular weight is 386 g/mol. The lowest BCUT2D eigenvalue weighted by molar-refractivity contribution is -0.138. The van der Waals surface area contributed by atoms with Gasteiger partial charge in [0.1, 0.15) is 11.6 Å². The molecule has 0 aromatic heterocycles. The molecule has 0 bridgehead atoms. The van der Waals surface area contributed by atoms with E-state index >= 15 is 0 Å². The Morgan fingerprint density at radius 1 is 1.30 bits per heavy atom. The van der Waals surface area contributed by atoms with Crippen molar-refractivity contribution in [1.82, 2.24) is 5.32 Å². The molecule has 1 aliphatic rings. The van der Waals surface area contributed by atoms with Gasteiger partial charge in [-0.25, -0.2) is 0 Å². The number of anilines is 1. The molecule has 1 aromatic rings. The third-order valence-corrected chi connectivity index (χ3v) is 4.82. The summed E-state index contributed by atoms with van der Waals surface area (Å²) in [5.74, 6) is -0.105.